The molecule has 0 saturated carbocycles. The average Bonchev–Trinajstić information content (AvgIpc) is 3.04. The van der Waals surface area contributed by atoms with Crippen molar-refractivity contribution in [2.45, 2.75) is 50.1 Å². The van der Waals surface area contributed by atoms with Crippen LogP contribution < -0.4 is 4.74 Å². The highest BCUT2D eigenvalue weighted by molar-refractivity contribution is 5.58. The van der Waals surface area contributed by atoms with Gasteiger partial charge in [-0.2, -0.15) is 0 Å². The van der Waals surface area contributed by atoms with Crippen molar-refractivity contribution in [3.8, 4) is 17.2 Å². The van der Waals surface area contributed by atoms with Crippen LogP contribution in [0.15, 0.2) is 72.8 Å². The van der Waals surface area contributed by atoms with Gasteiger partial charge in [-0.15, -0.1) is 0 Å². The molecule has 3 aliphatic heterocycles. The lowest BCUT2D eigenvalue weighted by molar-refractivity contribution is 0.0971. The van der Waals surface area contributed by atoms with Crippen molar-refractivity contribution in [3.63, 3.8) is 0 Å². The van der Waals surface area contributed by atoms with E-state index in [1.54, 1.807) is 6.07 Å². The molecule has 2 saturated heterocycles. The minimum absolute atomic E-state index is 0.250. The van der Waals surface area contributed by atoms with E-state index in [1.165, 1.54) is 36.8 Å². The zero-order valence-corrected chi connectivity index (χ0v) is 17.8. The van der Waals surface area contributed by atoms with Crippen LogP contribution >= 0.6 is 0 Å². The maximum Gasteiger partial charge on any atom is 0.172 e. The molecule has 3 aliphatic rings. The van der Waals surface area contributed by atoms with Gasteiger partial charge in [0.05, 0.1) is 0 Å². The molecule has 3 heteroatoms. The van der Waals surface area contributed by atoms with Crippen molar-refractivity contribution >= 4 is 0 Å². The lowest BCUT2D eigenvalue weighted by Gasteiger charge is -2.43. The van der Waals surface area contributed by atoms with Crippen molar-refractivity contribution in [1.82, 2.24) is 4.90 Å². The van der Waals surface area contributed by atoms with Gasteiger partial charge >= 0.3 is 0 Å². The summed E-state index contributed by atoms with van der Waals surface area (Å²) in [4.78, 5) is 2.79. The maximum absolute atomic E-state index is 10.5. The molecule has 2 fully saturated rings. The first-order chi connectivity index (χ1) is 15.3. The fourth-order valence-corrected chi connectivity index (χ4v) is 6.37. The molecular weight excluding hydrogens is 382 g/mol. The van der Waals surface area contributed by atoms with Gasteiger partial charge in [0.15, 0.2) is 11.5 Å². The van der Waals surface area contributed by atoms with Gasteiger partial charge in [0.25, 0.3) is 0 Å². The van der Waals surface area contributed by atoms with Gasteiger partial charge in [-0.1, -0.05) is 60.7 Å². The summed E-state index contributed by atoms with van der Waals surface area (Å²) >= 11 is 0. The number of hydrogen-bond acceptors (Lipinski definition) is 3. The van der Waals surface area contributed by atoms with Crippen LogP contribution in [0.1, 0.15) is 48.3 Å². The molecule has 3 aromatic carbocycles. The van der Waals surface area contributed by atoms with Gasteiger partial charge in [0.1, 0.15) is 5.75 Å². The first-order valence-electron chi connectivity index (χ1n) is 11.7. The Morgan fingerprint density at radius 3 is 2.32 bits per heavy atom. The molecule has 0 spiro atoms. The number of benzene rings is 3. The van der Waals surface area contributed by atoms with E-state index in [2.05, 4.69) is 53.4 Å². The molecule has 3 nitrogen and oxygen atoms in total. The number of nitrogens with zero attached hydrogens (tertiary/aromatic N) is 1. The average molecular weight is 412 g/mol. The molecule has 3 aromatic rings. The molecule has 3 atom stereocenters. The van der Waals surface area contributed by atoms with E-state index in [0.717, 1.165) is 24.3 Å². The number of rotatable bonds is 4. The Bertz CT molecular complexity index is 1070. The Hall–Kier alpha value is -2.78. The third kappa shape index (κ3) is 3.32. The third-order valence-corrected chi connectivity index (χ3v) is 7.72. The summed E-state index contributed by atoms with van der Waals surface area (Å²) in [5.41, 5.74) is 3.87. The zero-order chi connectivity index (χ0) is 20.8. The highest BCUT2D eigenvalue weighted by atomic mass is 16.5. The topological polar surface area (TPSA) is 32.7 Å². The van der Waals surface area contributed by atoms with Gasteiger partial charge in [-0.3, -0.25) is 4.90 Å². The number of para-hydroxylation sites is 2. The van der Waals surface area contributed by atoms with Crippen molar-refractivity contribution in [2.75, 3.05) is 6.54 Å². The Morgan fingerprint density at radius 2 is 1.52 bits per heavy atom. The summed E-state index contributed by atoms with van der Waals surface area (Å²) in [6, 6.07) is 26.5. The molecule has 6 rings (SSSR count). The van der Waals surface area contributed by atoms with Crippen LogP contribution in [0.3, 0.4) is 0 Å². The second-order valence-electron chi connectivity index (χ2n) is 9.40. The SMILES string of the molecule is Oc1cccc2c1Oc1ccccc1C2C1CC2CCC(C1)N2CCc1ccccc1. The molecular formula is C28H29NO2. The van der Waals surface area contributed by atoms with E-state index in [1.807, 2.05) is 18.2 Å². The second kappa shape index (κ2) is 7.72. The maximum atomic E-state index is 10.5. The summed E-state index contributed by atoms with van der Waals surface area (Å²) < 4.78 is 6.15. The van der Waals surface area contributed by atoms with Crippen molar-refractivity contribution < 1.29 is 9.84 Å². The van der Waals surface area contributed by atoms with Crippen LogP contribution in [0.4, 0.5) is 0 Å². The van der Waals surface area contributed by atoms with Gasteiger partial charge in [-0.05, 0) is 55.7 Å². The van der Waals surface area contributed by atoms with Crippen molar-refractivity contribution in [2.24, 2.45) is 5.92 Å². The van der Waals surface area contributed by atoms with Crippen LogP contribution in [0.5, 0.6) is 17.2 Å². The van der Waals surface area contributed by atoms with Gasteiger partial charge < -0.3 is 9.84 Å². The number of fused-ring (bicyclic) bond motifs is 4. The van der Waals surface area contributed by atoms with E-state index >= 15 is 0 Å². The van der Waals surface area contributed by atoms with Crippen molar-refractivity contribution in [1.29, 1.82) is 0 Å². The fourth-order valence-electron chi connectivity index (χ4n) is 6.37. The summed E-state index contributed by atoms with van der Waals surface area (Å²) in [6.45, 7) is 1.16. The van der Waals surface area contributed by atoms with Crippen LogP contribution in [0, 0.1) is 5.92 Å². The Balaban J connectivity index is 1.27. The van der Waals surface area contributed by atoms with Gasteiger partial charge in [0, 0.05) is 35.7 Å². The summed E-state index contributed by atoms with van der Waals surface area (Å²) in [5.74, 6) is 2.69. The molecule has 1 N–H and O–H groups in total. The molecule has 0 aliphatic carbocycles. The quantitative estimate of drug-likeness (QED) is 0.562. The highest BCUT2D eigenvalue weighted by Gasteiger charge is 2.45. The molecule has 158 valence electrons. The Labute approximate surface area is 184 Å². The Morgan fingerprint density at radius 1 is 0.806 bits per heavy atom. The predicted octanol–water partition coefficient (Wildman–Crippen LogP) is 6.12. The second-order valence-corrected chi connectivity index (χ2v) is 9.40. The molecule has 3 unspecified atom stereocenters. The van der Waals surface area contributed by atoms with Crippen molar-refractivity contribution in [3.05, 3.63) is 89.5 Å². The van der Waals surface area contributed by atoms with Crippen LogP contribution in [-0.4, -0.2) is 28.6 Å². The largest absolute Gasteiger partial charge is 0.504 e. The number of ether oxygens (including phenoxy) is 1. The fraction of sp³-hybridized carbons (Fsp3) is 0.357. The molecule has 2 bridgehead atoms. The lowest BCUT2D eigenvalue weighted by atomic mass is 9.72. The van der Waals surface area contributed by atoms with E-state index in [0.29, 0.717) is 29.7 Å². The van der Waals surface area contributed by atoms with E-state index in [9.17, 15) is 5.11 Å². The third-order valence-electron chi connectivity index (χ3n) is 7.72. The van der Waals surface area contributed by atoms with Crippen LogP contribution in [-0.2, 0) is 6.42 Å². The Kier molecular flexibility index (Phi) is 4.72. The van der Waals surface area contributed by atoms with E-state index in [4.69, 9.17) is 4.74 Å². The molecule has 0 aromatic heterocycles. The van der Waals surface area contributed by atoms with Crippen LogP contribution in [0.2, 0.25) is 0 Å². The molecule has 31 heavy (non-hydrogen) atoms. The van der Waals surface area contributed by atoms with Crippen LogP contribution in [0.25, 0.3) is 0 Å². The number of hydrogen-bond donors (Lipinski definition) is 1. The normalized spacial score (nSPS) is 26.7. The minimum atomic E-state index is 0.250. The number of phenolic OH excluding ortho intramolecular Hbond substituents is 1. The highest BCUT2D eigenvalue weighted by Crippen LogP contribution is 2.54. The van der Waals surface area contributed by atoms with Gasteiger partial charge in [-0.25, -0.2) is 0 Å². The predicted molar refractivity (Wildman–Crippen MR) is 123 cm³/mol. The molecule has 0 amide bonds. The number of phenols is 1. The van der Waals surface area contributed by atoms with E-state index in [-0.39, 0.29) is 5.75 Å². The zero-order valence-electron chi connectivity index (χ0n) is 17.8. The smallest absolute Gasteiger partial charge is 0.172 e. The summed E-state index contributed by atoms with van der Waals surface area (Å²) in [7, 11) is 0. The first-order valence-corrected chi connectivity index (χ1v) is 11.7. The molecule has 0 radical (unpaired) electrons. The van der Waals surface area contributed by atoms with Gasteiger partial charge in [0.2, 0.25) is 0 Å². The van der Waals surface area contributed by atoms with E-state index < -0.39 is 0 Å². The standard InChI is InChI=1S/C28H29NO2/c30-25-11-6-10-24-27(23-9-4-5-12-26(23)31-28(24)25)20-17-21-13-14-22(18-20)29(21)16-15-19-7-2-1-3-8-19/h1-12,20-22,27,30H,13-18H2. The lowest BCUT2D eigenvalue weighted by Crippen LogP contribution is -2.45. The summed E-state index contributed by atoms with van der Waals surface area (Å²) in [6.07, 6.45) is 6.20. The number of piperidine rings is 1. The minimum Gasteiger partial charge on any atom is -0.504 e. The number of aromatic hydroxyl groups is 1. The first kappa shape index (κ1) is 18.9. The monoisotopic (exact) mass is 411 g/mol. The summed E-state index contributed by atoms with van der Waals surface area (Å²) in [5, 5.41) is 10.5. The molecule has 3 heterocycles.